The number of hydrogen-bond donors (Lipinski definition) is 2. The molecule has 0 aliphatic carbocycles. The first-order valence-corrected chi connectivity index (χ1v) is 8.44. The van der Waals surface area contributed by atoms with Gasteiger partial charge in [0.05, 0.1) is 25.5 Å². The standard InChI is InChI=1S/C20H17F2N3O4/c1-28-12-7-6-11(17(8-12)29-2)10-23-16-9-15(24-25-19(16)20(26)27)18-13(21)4-3-5-14(18)22/h3-9H,10H2,1-2H3,(H,23,24)(H,26,27). The maximum Gasteiger partial charge on any atom is 0.358 e. The average Bonchev–Trinajstić information content (AvgIpc) is 2.71. The van der Waals surface area contributed by atoms with Crippen molar-refractivity contribution in [3.63, 3.8) is 0 Å². The summed E-state index contributed by atoms with van der Waals surface area (Å²) in [4.78, 5) is 11.5. The van der Waals surface area contributed by atoms with Gasteiger partial charge in [0.15, 0.2) is 5.69 Å². The van der Waals surface area contributed by atoms with E-state index in [1.807, 2.05) is 0 Å². The van der Waals surface area contributed by atoms with E-state index >= 15 is 0 Å². The lowest BCUT2D eigenvalue weighted by molar-refractivity contribution is 0.0690. The molecule has 7 nitrogen and oxygen atoms in total. The zero-order valence-electron chi connectivity index (χ0n) is 15.6. The Morgan fingerprint density at radius 3 is 2.41 bits per heavy atom. The fraction of sp³-hybridized carbons (Fsp3) is 0.150. The number of benzene rings is 2. The Labute approximate surface area is 164 Å². The molecule has 2 N–H and O–H groups in total. The second-order valence-corrected chi connectivity index (χ2v) is 5.93. The number of nitrogens with zero attached hydrogens (tertiary/aromatic N) is 2. The van der Waals surface area contributed by atoms with Crippen LogP contribution in [0, 0.1) is 11.6 Å². The number of carboxylic acids is 1. The predicted octanol–water partition coefficient (Wildman–Crippen LogP) is 3.75. The Bertz CT molecular complexity index is 1040. The largest absolute Gasteiger partial charge is 0.497 e. The van der Waals surface area contributed by atoms with Crippen LogP contribution in [-0.2, 0) is 6.54 Å². The van der Waals surface area contributed by atoms with Gasteiger partial charge in [-0.3, -0.25) is 0 Å². The van der Waals surface area contributed by atoms with Crippen LogP contribution in [0.2, 0.25) is 0 Å². The molecule has 9 heteroatoms. The van der Waals surface area contributed by atoms with Gasteiger partial charge in [0.25, 0.3) is 0 Å². The van der Waals surface area contributed by atoms with E-state index in [0.29, 0.717) is 17.1 Å². The van der Waals surface area contributed by atoms with Crippen molar-refractivity contribution in [2.24, 2.45) is 0 Å². The lowest BCUT2D eigenvalue weighted by atomic mass is 10.1. The molecule has 0 aliphatic rings. The number of rotatable bonds is 7. The molecule has 150 valence electrons. The lowest BCUT2D eigenvalue weighted by Crippen LogP contribution is -2.11. The Morgan fingerprint density at radius 2 is 1.79 bits per heavy atom. The van der Waals surface area contributed by atoms with Crippen molar-refractivity contribution in [1.82, 2.24) is 10.2 Å². The van der Waals surface area contributed by atoms with E-state index in [0.717, 1.165) is 12.1 Å². The molecular formula is C20H17F2N3O4. The maximum atomic E-state index is 14.1. The van der Waals surface area contributed by atoms with Crippen LogP contribution in [0.4, 0.5) is 14.5 Å². The van der Waals surface area contributed by atoms with Crippen LogP contribution >= 0.6 is 0 Å². The van der Waals surface area contributed by atoms with Crippen molar-refractivity contribution in [3.05, 3.63) is 65.4 Å². The first kappa shape index (κ1) is 20.0. The highest BCUT2D eigenvalue weighted by atomic mass is 19.1. The van der Waals surface area contributed by atoms with Gasteiger partial charge in [-0.2, -0.15) is 0 Å². The Hall–Kier alpha value is -3.75. The van der Waals surface area contributed by atoms with Crippen molar-refractivity contribution in [2.75, 3.05) is 19.5 Å². The zero-order chi connectivity index (χ0) is 21.0. The Morgan fingerprint density at radius 1 is 1.07 bits per heavy atom. The number of hydrogen-bond acceptors (Lipinski definition) is 6. The second kappa shape index (κ2) is 8.51. The number of ether oxygens (including phenoxy) is 2. The fourth-order valence-electron chi connectivity index (χ4n) is 2.74. The van der Waals surface area contributed by atoms with Crippen LogP contribution in [0.15, 0.2) is 42.5 Å². The molecule has 0 spiro atoms. The minimum atomic E-state index is -1.33. The third-order valence-electron chi connectivity index (χ3n) is 4.18. The van der Waals surface area contributed by atoms with Gasteiger partial charge in [-0.1, -0.05) is 6.07 Å². The molecule has 29 heavy (non-hydrogen) atoms. The molecule has 0 radical (unpaired) electrons. The van der Waals surface area contributed by atoms with Gasteiger partial charge in [-0.25, -0.2) is 13.6 Å². The predicted molar refractivity (Wildman–Crippen MR) is 101 cm³/mol. The summed E-state index contributed by atoms with van der Waals surface area (Å²) in [7, 11) is 3.02. The third-order valence-corrected chi connectivity index (χ3v) is 4.18. The molecular weight excluding hydrogens is 384 g/mol. The van der Waals surface area contributed by atoms with Gasteiger partial charge in [-0.15, -0.1) is 10.2 Å². The summed E-state index contributed by atoms with van der Waals surface area (Å²) in [6.45, 7) is 0.165. The number of aromatic carboxylic acids is 1. The molecule has 1 aromatic heterocycles. The maximum absolute atomic E-state index is 14.1. The number of aromatic nitrogens is 2. The number of nitrogens with one attached hydrogen (secondary N) is 1. The first-order valence-electron chi connectivity index (χ1n) is 8.44. The summed E-state index contributed by atoms with van der Waals surface area (Å²) in [5.74, 6) is -1.87. The molecule has 0 atom stereocenters. The van der Waals surface area contributed by atoms with E-state index in [1.165, 1.54) is 26.4 Å². The molecule has 0 bridgehead atoms. The van der Waals surface area contributed by atoms with Crippen molar-refractivity contribution < 1.29 is 28.2 Å². The van der Waals surface area contributed by atoms with Crippen LogP contribution in [-0.4, -0.2) is 35.5 Å². The van der Waals surface area contributed by atoms with Gasteiger partial charge < -0.3 is 19.9 Å². The van der Waals surface area contributed by atoms with Gasteiger partial charge in [0.1, 0.15) is 28.8 Å². The SMILES string of the molecule is COc1ccc(CNc2cc(-c3c(F)cccc3F)nnc2C(=O)O)c(OC)c1. The topological polar surface area (TPSA) is 93.6 Å². The van der Waals surface area contributed by atoms with Crippen molar-refractivity contribution in [1.29, 1.82) is 0 Å². The highest BCUT2D eigenvalue weighted by Gasteiger charge is 2.19. The molecule has 3 aromatic rings. The number of methoxy groups -OCH3 is 2. The van der Waals surface area contributed by atoms with Gasteiger partial charge in [-0.05, 0) is 30.3 Å². The molecule has 1 heterocycles. The van der Waals surface area contributed by atoms with Crippen LogP contribution in [0.1, 0.15) is 16.1 Å². The molecule has 0 fully saturated rings. The molecule has 0 saturated heterocycles. The molecule has 0 amide bonds. The van der Waals surface area contributed by atoms with Gasteiger partial charge in [0.2, 0.25) is 0 Å². The van der Waals surface area contributed by atoms with E-state index in [2.05, 4.69) is 15.5 Å². The zero-order valence-corrected chi connectivity index (χ0v) is 15.6. The molecule has 3 rings (SSSR count). The number of anilines is 1. The highest BCUT2D eigenvalue weighted by molar-refractivity contribution is 5.92. The number of carboxylic acid groups (broad SMARTS) is 1. The summed E-state index contributed by atoms with van der Waals surface area (Å²) in [6, 6.07) is 9.79. The number of carbonyl (C=O) groups is 1. The second-order valence-electron chi connectivity index (χ2n) is 5.93. The van der Waals surface area contributed by atoms with E-state index in [9.17, 15) is 18.7 Å². The summed E-state index contributed by atoms with van der Waals surface area (Å²) >= 11 is 0. The highest BCUT2D eigenvalue weighted by Crippen LogP contribution is 2.29. The van der Waals surface area contributed by atoms with E-state index < -0.39 is 17.6 Å². The summed E-state index contributed by atoms with van der Waals surface area (Å²) in [5, 5.41) is 19.6. The first-order chi connectivity index (χ1) is 13.9. The van der Waals surface area contributed by atoms with Crippen LogP contribution in [0.5, 0.6) is 11.5 Å². The lowest BCUT2D eigenvalue weighted by Gasteiger charge is -2.14. The van der Waals surface area contributed by atoms with Gasteiger partial charge in [0, 0.05) is 18.2 Å². The van der Waals surface area contributed by atoms with Crippen LogP contribution in [0.25, 0.3) is 11.3 Å². The quantitative estimate of drug-likeness (QED) is 0.623. The average molecular weight is 401 g/mol. The summed E-state index contributed by atoms with van der Waals surface area (Å²) in [5.41, 5.74) is -0.127. The minimum Gasteiger partial charge on any atom is -0.497 e. The van der Waals surface area contributed by atoms with E-state index in [1.54, 1.807) is 18.2 Å². The molecule has 0 aliphatic heterocycles. The van der Waals surface area contributed by atoms with Crippen molar-refractivity contribution in [2.45, 2.75) is 6.54 Å². The van der Waals surface area contributed by atoms with Crippen LogP contribution < -0.4 is 14.8 Å². The molecule has 2 aromatic carbocycles. The molecule has 0 unspecified atom stereocenters. The van der Waals surface area contributed by atoms with Crippen molar-refractivity contribution in [3.8, 4) is 22.8 Å². The summed E-state index contributed by atoms with van der Waals surface area (Å²) < 4.78 is 38.6. The Kier molecular flexibility index (Phi) is 5.87. The third kappa shape index (κ3) is 4.23. The normalized spacial score (nSPS) is 10.5. The Balaban J connectivity index is 1.97. The van der Waals surface area contributed by atoms with E-state index in [-0.39, 0.29) is 29.2 Å². The van der Waals surface area contributed by atoms with Gasteiger partial charge >= 0.3 is 5.97 Å². The minimum absolute atomic E-state index is 0.0584. The monoisotopic (exact) mass is 401 g/mol. The molecule has 0 saturated carbocycles. The van der Waals surface area contributed by atoms with E-state index in [4.69, 9.17) is 9.47 Å². The van der Waals surface area contributed by atoms with Crippen molar-refractivity contribution >= 4 is 11.7 Å². The smallest absolute Gasteiger partial charge is 0.358 e. The summed E-state index contributed by atoms with van der Waals surface area (Å²) in [6.07, 6.45) is 0. The number of halogens is 2. The fourth-order valence-corrected chi connectivity index (χ4v) is 2.74. The van der Waals surface area contributed by atoms with Crippen LogP contribution in [0.3, 0.4) is 0 Å².